The molecule has 0 aromatic heterocycles. The van der Waals surface area contributed by atoms with Crippen molar-refractivity contribution < 1.29 is 0 Å². The lowest BCUT2D eigenvalue weighted by atomic mass is 10.2. The van der Waals surface area contributed by atoms with Crippen LogP contribution in [-0.4, -0.2) is 16.9 Å². The van der Waals surface area contributed by atoms with Crippen molar-refractivity contribution in [2.45, 2.75) is 4.90 Å². The average molecular weight is 214 g/mol. The van der Waals surface area contributed by atoms with Gasteiger partial charge in [-0.05, 0) is 17.4 Å². The molecule has 0 nitrogen and oxygen atoms in total. The van der Waals surface area contributed by atoms with Crippen LogP contribution in [0.2, 0.25) is 0 Å². The van der Waals surface area contributed by atoms with Gasteiger partial charge in [0, 0.05) is 16.0 Å². The van der Waals surface area contributed by atoms with Gasteiger partial charge in [0.25, 0.3) is 0 Å². The molecule has 1 aromatic carbocycles. The van der Waals surface area contributed by atoms with Gasteiger partial charge in [0.15, 0.2) is 0 Å². The summed E-state index contributed by atoms with van der Waals surface area (Å²) in [7, 11) is 0. The van der Waals surface area contributed by atoms with E-state index in [1.54, 1.807) is 17.1 Å². The van der Waals surface area contributed by atoms with E-state index in [0.29, 0.717) is 0 Å². The van der Waals surface area contributed by atoms with Crippen LogP contribution in [0, 0.1) is 0 Å². The van der Waals surface area contributed by atoms with E-state index in [0.717, 1.165) is 17.1 Å². The molecule has 0 spiro atoms. The monoisotopic (exact) mass is 214 g/mol. The molecule has 0 radical (unpaired) electrons. The highest BCUT2D eigenvalue weighted by Crippen LogP contribution is 2.21. The van der Waals surface area contributed by atoms with Gasteiger partial charge in [0.1, 0.15) is 0 Å². The number of rotatable bonds is 4. The van der Waals surface area contributed by atoms with Gasteiger partial charge in [-0.25, -0.2) is 0 Å². The molecular formula is C9H10S3. The van der Waals surface area contributed by atoms with Crippen LogP contribution >= 0.6 is 36.6 Å². The van der Waals surface area contributed by atoms with Crippen LogP contribution in [0.4, 0.5) is 0 Å². The van der Waals surface area contributed by atoms with Crippen molar-refractivity contribution in [3.8, 4) is 0 Å². The molecule has 0 aliphatic heterocycles. The fraction of sp³-hybridized carbons (Fsp3) is 0.222. The highest BCUT2D eigenvalue weighted by Gasteiger charge is 1.97. The van der Waals surface area contributed by atoms with Gasteiger partial charge in [-0.3, -0.25) is 0 Å². The third kappa shape index (κ3) is 2.81. The standard InChI is InChI=1S/C9H10S3/c10-5-6-12-9-4-2-1-3-8(9)7-11/h1-4,7,10H,5-6H2. The van der Waals surface area contributed by atoms with Crippen LogP contribution in [0.1, 0.15) is 5.56 Å². The maximum atomic E-state index is 4.90. The highest BCUT2D eigenvalue weighted by atomic mass is 32.2. The minimum Gasteiger partial charge on any atom is -0.178 e. The van der Waals surface area contributed by atoms with Gasteiger partial charge in [-0.15, -0.1) is 11.8 Å². The summed E-state index contributed by atoms with van der Waals surface area (Å²) in [6, 6.07) is 8.16. The maximum Gasteiger partial charge on any atom is 0.0153 e. The number of hydrogen-bond acceptors (Lipinski definition) is 3. The Balaban J connectivity index is 2.75. The molecule has 0 fully saturated rings. The van der Waals surface area contributed by atoms with Crippen LogP contribution in [0.25, 0.3) is 0 Å². The quantitative estimate of drug-likeness (QED) is 0.465. The average Bonchev–Trinajstić information content (AvgIpc) is 2.15. The molecular weight excluding hydrogens is 204 g/mol. The van der Waals surface area contributed by atoms with E-state index >= 15 is 0 Å². The summed E-state index contributed by atoms with van der Waals surface area (Å²) in [5.74, 6) is 1.93. The van der Waals surface area contributed by atoms with Crippen LogP contribution in [0.5, 0.6) is 0 Å². The minimum absolute atomic E-state index is 0.899. The summed E-state index contributed by atoms with van der Waals surface area (Å²) in [5, 5.41) is 1.72. The van der Waals surface area contributed by atoms with Crippen molar-refractivity contribution in [3.05, 3.63) is 29.8 Å². The van der Waals surface area contributed by atoms with Crippen molar-refractivity contribution >= 4 is 42.0 Å². The van der Waals surface area contributed by atoms with E-state index in [1.807, 2.05) is 18.2 Å². The van der Waals surface area contributed by atoms with E-state index < -0.39 is 0 Å². The number of thioether (sulfide) groups is 1. The molecule has 1 aromatic rings. The zero-order chi connectivity index (χ0) is 8.81. The molecule has 0 saturated carbocycles. The molecule has 0 aliphatic rings. The summed E-state index contributed by atoms with van der Waals surface area (Å²) in [4.78, 5) is 1.25. The zero-order valence-electron chi connectivity index (χ0n) is 6.56. The van der Waals surface area contributed by atoms with Crippen LogP contribution in [0.15, 0.2) is 29.2 Å². The smallest absolute Gasteiger partial charge is 0.0153 e. The lowest BCUT2D eigenvalue weighted by Crippen LogP contribution is -1.85. The first-order valence-corrected chi connectivity index (χ1v) is 5.75. The summed E-state index contributed by atoms with van der Waals surface area (Å²) < 4.78 is 0. The predicted molar refractivity (Wildman–Crippen MR) is 63.8 cm³/mol. The third-order valence-electron chi connectivity index (χ3n) is 1.39. The van der Waals surface area contributed by atoms with Gasteiger partial charge >= 0.3 is 0 Å². The van der Waals surface area contributed by atoms with E-state index in [-0.39, 0.29) is 0 Å². The molecule has 0 aliphatic carbocycles. The van der Waals surface area contributed by atoms with Gasteiger partial charge in [-0.1, -0.05) is 30.4 Å². The van der Waals surface area contributed by atoms with Gasteiger partial charge < -0.3 is 0 Å². The maximum absolute atomic E-state index is 4.90. The van der Waals surface area contributed by atoms with E-state index in [4.69, 9.17) is 12.2 Å². The SMILES string of the molecule is S=Cc1ccccc1SCCS. The highest BCUT2D eigenvalue weighted by molar-refractivity contribution is 8.00. The summed E-state index contributed by atoms with van der Waals surface area (Å²) in [6.07, 6.45) is 0. The summed E-state index contributed by atoms with van der Waals surface area (Å²) in [5.41, 5.74) is 1.14. The van der Waals surface area contributed by atoms with Crippen LogP contribution in [0.3, 0.4) is 0 Å². The Morgan fingerprint density at radius 2 is 2.17 bits per heavy atom. The molecule has 0 bridgehead atoms. The second-order valence-corrected chi connectivity index (χ2v) is 4.05. The molecule has 1 rings (SSSR count). The Morgan fingerprint density at radius 3 is 2.83 bits per heavy atom. The van der Waals surface area contributed by atoms with E-state index in [1.165, 1.54) is 4.90 Å². The number of thiol groups is 1. The molecule has 12 heavy (non-hydrogen) atoms. The second kappa shape index (κ2) is 5.62. The van der Waals surface area contributed by atoms with Crippen molar-refractivity contribution in [3.63, 3.8) is 0 Å². The minimum atomic E-state index is 0.899. The summed E-state index contributed by atoms with van der Waals surface area (Å²) >= 11 is 10.9. The molecule has 0 atom stereocenters. The largest absolute Gasteiger partial charge is 0.178 e. The number of hydrogen-bond donors (Lipinski definition) is 1. The van der Waals surface area contributed by atoms with Gasteiger partial charge in [0.05, 0.1) is 0 Å². The van der Waals surface area contributed by atoms with E-state index in [2.05, 4.69) is 18.7 Å². The fourth-order valence-corrected chi connectivity index (χ4v) is 2.20. The summed E-state index contributed by atoms with van der Waals surface area (Å²) in [6.45, 7) is 0. The Morgan fingerprint density at radius 1 is 1.42 bits per heavy atom. The molecule has 0 amide bonds. The third-order valence-corrected chi connectivity index (χ3v) is 3.27. The topological polar surface area (TPSA) is 0 Å². The Labute approximate surface area is 88.2 Å². The number of thiocarbonyl (C=S) groups is 1. The van der Waals surface area contributed by atoms with Gasteiger partial charge in [0.2, 0.25) is 0 Å². The first kappa shape index (κ1) is 10.1. The molecule has 3 heteroatoms. The van der Waals surface area contributed by atoms with Crippen molar-refractivity contribution in [1.29, 1.82) is 0 Å². The van der Waals surface area contributed by atoms with Crippen molar-refractivity contribution in [1.82, 2.24) is 0 Å². The first-order valence-electron chi connectivity index (χ1n) is 3.66. The lowest BCUT2D eigenvalue weighted by Gasteiger charge is -2.02. The Kier molecular flexibility index (Phi) is 4.73. The number of benzene rings is 1. The van der Waals surface area contributed by atoms with E-state index in [9.17, 15) is 0 Å². The Bertz CT molecular complexity index is 258. The molecule has 64 valence electrons. The fourth-order valence-electron chi connectivity index (χ4n) is 0.865. The van der Waals surface area contributed by atoms with Crippen molar-refractivity contribution in [2.24, 2.45) is 0 Å². The zero-order valence-corrected chi connectivity index (χ0v) is 9.09. The Hall–Kier alpha value is 0.01000. The van der Waals surface area contributed by atoms with Crippen LogP contribution < -0.4 is 0 Å². The van der Waals surface area contributed by atoms with Gasteiger partial charge in [-0.2, -0.15) is 12.6 Å². The molecule has 0 N–H and O–H groups in total. The second-order valence-electron chi connectivity index (χ2n) is 2.23. The predicted octanol–water partition coefficient (Wildman–Crippen LogP) is 3.06. The normalized spacial score (nSPS) is 9.75. The van der Waals surface area contributed by atoms with Crippen LogP contribution in [-0.2, 0) is 0 Å². The lowest BCUT2D eigenvalue weighted by molar-refractivity contribution is 1.42. The first-order chi connectivity index (χ1) is 5.88. The molecule has 0 saturated heterocycles. The van der Waals surface area contributed by atoms with Crippen molar-refractivity contribution in [2.75, 3.05) is 11.5 Å². The molecule has 0 heterocycles. The molecule has 0 unspecified atom stereocenters.